The number of rotatable bonds is 13. The van der Waals surface area contributed by atoms with Crippen molar-refractivity contribution in [2.75, 3.05) is 11.5 Å². The third-order valence-electron chi connectivity index (χ3n) is 7.39. The van der Waals surface area contributed by atoms with E-state index in [1.165, 1.54) is 25.3 Å². The zero-order valence-corrected chi connectivity index (χ0v) is 25.1. The van der Waals surface area contributed by atoms with Crippen molar-refractivity contribution in [1.82, 2.24) is 9.97 Å². The lowest BCUT2D eigenvalue weighted by Crippen LogP contribution is -2.14. The topological polar surface area (TPSA) is 25.8 Å². The minimum absolute atomic E-state index is 0.0485. The fourth-order valence-electron chi connectivity index (χ4n) is 4.95. The second kappa shape index (κ2) is 15.7. The molecule has 0 unspecified atom stereocenters. The molecule has 1 fully saturated rings. The predicted molar refractivity (Wildman–Crippen MR) is 164 cm³/mol. The van der Waals surface area contributed by atoms with E-state index in [0.29, 0.717) is 29.0 Å². The van der Waals surface area contributed by atoms with Crippen molar-refractivity contribution in [3.8, 4) is 11.1 Å². The Hall–Kier alpha value is -2.25. The quantitative estimate of drug-likeness (QED) is 0.147. The van der Waals surface area contributed by atoms with Crippen LogP contribution >= 0.6 is 23.5 Å². The number of thioether (sulfide) groups is 2. The third kappa shape index (κ3) is 8.16. The summed E-state index contributed by atoms with van der Waals surface area (Å²) in [5.74, 6) is 0.766. The lowest BCUT2D eigenvalue weighted by molar-refractivity contribution is 0.497. The first-order chi connectivity index (χ1) is 19.5. The van der Waals surface area contributed by atoms with Crippen LogP contribution in [0.25, 0.3) is 11.1 Å². The van der Waals surface area contributed by atoms with E-state index in [1.807, 2.05) is 25.4 Å². The summed E-state index contributed by atoms with van der Waals surface area (Å²) in [7, 11) is 0. The van der Waals surface area contributed by atoms with Gasteiger partial charge in [0.15, 0.2) is 11.6 Å². The van der Waals surface area contributed by atoms with Gasteiger partial charge in [-0.05, 0) is 48.9 Å². The fourth-order valence-corrected chi connectivity index (χ4v) is 8.13. The maximum Gasteiger partial charge on any atom is 0.166 e. The molecule has 1 aliphatic heterocycles. The van der Waals surface area contributed by atoms with Gasteiger partial charge in [0.05, 0.1) is 4.58 Å². The molecule has 214 valence electrons. The number of hydrogen-bond donors (Lipinski definition) is 0. The van der Waals surface area contributed by atoms with E-state index in [0.717, 1.165) is 55.0 Å². The SMILES string of the molecule is CC=CCCc1ncc(C2CSC(c3ccc(-c4ccc(CCCCCCCC)c(F)c4F)cc3F)SC2)cn1. The Kier molecular flexibility index (Phi) is 12.0. The van der Waals surface area contributed by atoms with Crippen LogP contribution in [0.1, 0.15) is 91.8 Å². The third-order valence-corrected chi connectivity index (χ3v) is 10.5. The average Bonchev–Trinajstić information content (AvgIpc) is 2.98. The molecule has 0 saturated carbocycles. The Morgan fingerprint density at radius 2 is 1.60 bits per heavy atom. The van der Waals surface area contributed by atoms with Gasteiger partial charge >= 0.3 is 0 Å². The van der Waals surface area contributed by atoms with Crippen LogP contribution in [-0.2, 0) is 12.8 Å². The molecule has 0 atom stereocenters. The molecule has 40 heavy (non-hydrogen) atoms. The molecule has 2 nitrogen and oxygen atoms in total. The first-order valence-electron chi connectivity index (χ1n) is 14.4. The van der Waals surface area contributed by atoms with Crippen molar-refractivity contribution in [3.05, 3.63) is 94.8 Å². The molecule has 7 heteroatoms. The van der Waals surface area contributed by atoms with Crippen LogP contribution < -0.4 is 0 Å². The zero-order valence-electron chi connectivity index (χ0n) is 23.5. The summed E-state index contributed by atoms with van der Waals surface area (Å²) in [6.45, 7) is 4.18. The molecule has 2 heterocycles. The van der Waals surface area contributed by atoms with E-state index >= 15 is 4.39 Å². The Balaban J connectivity index is 1.34. The average molecular weight is 585 g/mol. The molecule has 0 aliphatic carbocycles. The van der Waals surface area contributed by atoms with Crippen molar-refractivity contribution in [2.45, 2.75) is 82.1 Å². The van der Waals surface area contributed by atoms with Gasteiger partial charge in [0.2, 0.25) is 0 Å². The summed E-state index contributed by atoms with van der Waals surface area (Å²) < 4.78 is 45.0. The molecule has 0 radical (unpaired) electrons. The highest BCUT2D eigenvalue weighted by atomic mass is 32.2. The Bertz CT molecular complexity index is 1260. The van der Waals surface area contributed by atoms with Crippen molar-refractivity contribution >= 4 is 23.5 Å². The Morgan fingerprint density at radius 1 is 0.875 bits per heavy atom. The van der Waals surface area contributed by atoms with Crippen LogP contribution in [0.2, 0.25) is 0 Å². The maximum absolute atomic E-state index is 15.3. The summed E-state index contributed by atoms with van der Waals surface area (Å²) in [4.78, 5) is 9.04. The van der Waals surface area contributed by atoms with E-state index < -0.39 is 11.6 Å². The summed E-state index contributed by atoms with van der Waals surface area (Å²) in [6, 6.07) is 8.00. The summed E-state index contributed by atoms with van der Waals surface area (Å²) in [5, 5.41) is 0. The van der Waals surface area contributed by atoms with Gasteiger partial charge in [-0.2, -0.15) is 0 Å². The molecule has 4 rings (SSSR count). The minimum atomic E-state index is -0.894. The van der Waals surface area contributed by atoms with E-state index in [-0.39, 0.29) is 16.0 Å². The van der Waals surface area contributed by atoms with Crippen LogP contribution in [0.5, 0.6) is 0 Å². The van der Waals surface area contributed by atoms with Crippen LogP contribution in [0.3, 0.4) is 0 Å². The second-order valence-corrected chi connectivity index (χ2v) is 13.0. The first-order valence-corrected chi connectivity index (χ1v) is 16.5. The summed E-state index contributed by atoms with van der Waals surface area (Å²) in [6.07, 6.45) is 16.8. The number of aryl methyl sites for hydroxylation is 2. The van der Waals surface area contributed by atoms with Gasteiger partial charge in [-0.25, -0.2) is 23.1 Å². The van der Waals surface area contributed by atoms with Crippen molar-refractivity contribution < 1.29 is 13.2 Å². The van der Waals surface area contributed by atoms with Crippen LogP contribution in [0.4, 0.5) is 13.2 Å². The van der Waals surface area contributed by atoms with E-state index in [9.17, 15) is 8.78 Å². The number of hydrogen-bond acceptors (Lipinski definition) is 4. The molecule has 1 aliphatic rings. The predicted octanol–water partition coefficient (Wildman–Crippen LogP) is 10.2. The molecule has 0 N–H and O–H groups in total. The number of allylic oxidation sites excluding steroid dienone is 2. The standard InChI is InChI=1S/C33H39F3N2S2/c1-3-5-7-8-9-11-12-23-14-16-27(32(36)31(23)35)24-15-17-28(29(34)18-24)33-39-21-26(22-40-33)25-19-37-30(38-20-25)13-10-6-4-2/h4,6,14-20,26,33H,3,5,7-13,21-22H2,1-2H3. The highest BCUT2D eigenvalue weighted by molar-refractivity contribution is 8.17. The van der Waals surface area contributed by atoms with Gasteiger partial charge in [-0.3, -0.25) is 0 Å². The largest absolute Gasteiger partial charge is 0.241 e. The number of nitrogens with zero attached hydrogens (tertiary/aromatic N) is 2. The summed E-state index contributed by atoms with van der Waals surface area (Å²) >= 11 is 3.40. The van der Waals surface area contributed by atoms with Gasteiger partial charge < -0.3 is 0 Å². The van der Waals surface area contributed by atoms with Gasteiger partial charge in [-0.15, -0.1) is 23.5 Å². The van der Waals surface area contributed by atoms with Crippen molar-refractivity contribution in [1.29, 1.82) is 0 Å². The van der Waals surface area contributed by atoms with E-state index in [1.54, 1.807) is 47.8 Å². The van der Waals surface area contributed by atoms with Crippen molar-refractivity contribution in [2.24, 2.45) is 0 Å². The zero-order chi connectivity index (χ0) is 28.3. The maximum atomic E-state index is 15.3. The van der Waals surface area contributed by atoms with Gasteiger partial charge in [0.1, 0.15) is 11.6 Å². The first kappa shape index (κ1) is 30.7. The number of unbranched alkanes of at least 4 members (excludes halogenated alkanes) is 5. The van der Waals surface area contributed by atoms with E-state index in [2.05, 4.69) is 23.0 Å². The van der Waals surface area contributed by atoms with Crippen LogP contribution in [0, 0.1) is 17.5 Å². The lowest BCUT2D eigenvalue weighted by Gasteiger charge is -2.28. The molecule has 0 bridgehead atoms. The molecule has 1 aromatic heterocycles. The molecular formula is C33H39F3N2S2. The Labute approximate surface area is 245 Å². The molecule has 2 aromatic carbocycles. The normalized spacial score (nSPS) is 17.5. The van der Waals surface area contributed by atoms with Crippen molar-refractivity contribution in [3.63, 3.8) is 0 Å². The smallest absolute Gasteiger partial charge is 0.166 e. The van der Waals surface area contributed by atoms with Crippen LogP contribution in [0.15, 0.2) is 54.9 Å². The fraction of sp³-hybridized carbons (Fsp3) is 0.455. The summed E-state index contributed by atoms with van der Waals surface area (Å²) in [5.41, 5.74) is 2.56. The number of benzene rings is 2. The van der Waals surface area contributed by atoms with Gasteiger partial charge in [-0.1, -0.05) is 75.4 Å². The minimum Gasteiger partial charge on any atom is -0.241 e. The van der Waals surface area contributed by atoms with Gasteiger partial charge in [0, 0.05) is 47.4 Å². The highest BCUT2D eigenvalue weighted by Crippen LogP contribution is 2.48. The molecule has 3 aromatic rings. The Morgan fingerprint density at radius 3 is 2.30 bits per heavy atom. The molecular weight excluding hydrogens is 546 g/mol. The molecule has 1 saturated heterocycles. The number of aromatic nitrogens is 2. The van der Waals surface area contributed by atoms with E-state index in [4.69, 9.17) is 0 Å². The molecule has 0 spiro atoms. The lowest BCUT2D eigenvalue weighted by atomic mass is 9.98. The highest BCUT2D eigenvalue weighted by Gasteiger charge is 2.27. The molecule has 0 amide bonds. The monoisotopic (exact) mass is 584 g/mol. The van der Waals surface area contributed by atoms with Crippen LogP contribution in [-0.4, -0.2) is 21.5 Å². The second-order valence-electron chi connectivity index (χ2n) is 10.4. The number of halogens is 3. The van der Waals surface area contributed by atoms with Gasteiger partial charge in [0.25, 0.3) is 0 Å².